The van der Waals surface area contributed by atoms with E-state index in [-0.39, 0.29) is 0 Å². The van der Waals surface area contributed by atoms with E-state index >= 15 is 0 Å². The highest BCUT2D eigenvalue weighted by Crippen LogP contribution is 2.30. The number of benzene rings is 2. The molecule has 0 amide bonds. The van der Waals surface area contributed by atoms with Gasteiger partial charge in [0.2, 0.25) is 0 Å². The van der Waals surface area contributed by atoms with Crippen LogP contribution in [0.1, 0.15) is 12.0 Å². The van der Waals surface area contributed by atoms with Gasteiger partial charge in [-0.05, 0) is 30.3 Å². The monoisotopic (exact) mass is 275 g/mol. The fourth-order valence-electron chi connectivity index (χ4n) is 2.90. The number of furan rings is 1. The van der Waals surface area contributed by atoms with Crippen LogP contribution in [0.5, 0.6) is 0 Å². The van der Waals surface area contributed by atoms with Gasteiger partial charge in [0.05, 0.1) is 0 Å². The molecule has 0 unspecified atom stereocenters. The third-order valence-electron chi connectivity index (χ3n) is 3.98. The van der Waals surface area contributed by atoms with Crippen LogP contribution in [0.4, 0.5) is 0 Å². The van der Waals surface area contributed by atoms with Crippen LogP contribution in [-0.4, -0.2) is 11.4 Å². The van der Waals surface area contributed by atoms with Gasteiger partial charge in [-0.25, -0.2) is 0 Å². The molecule has 0 radical (unpaired) electrons. The van der Waals surface area contributed by atoms with Crippen LogP contribution >= 0.6 is 0 Å². The van der Waals surface area contributed by atoms with Crippen molar-refractivity contribution >= 4 is 11.0 Å². The van der Waals surface area contributed by atoms with Crippen molar-refractivity contribution in [3.8, 4) is 11.3 Å². The Morgan fingerprint density at radius 2 is 1.86 bits per heavy atom. The maximum Gasteiger partial charge on any atom is 0.135 e. The normalized spacial score (nSPS) is 14.2. The van der Waals surface area contributed by atoms with E-state index in [9.17, 15) is 0 Å². The third kappa shape index (κ3) is 2.33. The first kappa shape index (κ1) is 12.3. The molecule has 1 aliphatic rings. The maximum absolute atomic E-state index is 6.02. The van der Waals surface area contributed by atoms with Crippen LogP contribution in [0, 0.1) is 0 Å². The molecule has 2 nitrogen and oxygen atoms in total. The first-order valence-electron chi connectivity index (χ1n) is 7.38. The maximum atomic E-state index is 6.02. The van der Waals surface area contributed by atoms with Crippen LogP contribution in [0.2, 0.25) is 0 Å². The van der Waals surface area contributed by atoms with Crippen molar-refractivity contribution in [1.82, 2.24) is 4.90 Å². The summed E-state index contributed by atoms with van der Waals surface area (Å²) in [6.45, 7) is 2.04. The first-order chi connectivity index (χ1) is 10.4. The molecule has 2 aromatic carbocycles. The molecule has 0 atom stereocenters. The smallest absolute Gasteiger partial charge is 0.135 e. The second-order valence-electron chi connectivity index (χ2n) is 5.45. The molecule has 2 heterocycles. The van der Waals surface area contributed by atoms with E-state index < -0.39 is 0 Å². The lowest BCUT2D eigenvalue weighted by atomic mass is 10.0. The summed E-state index contributed by atoms with van der Waals surface area (Å²) in [5.74, 6) is 0.954. The highest BCUT2D eigenvalue weighted by Gasteiger charge is 2.12. The quantitative estimate of drug-likeness (QED) is 0.681. The third-order valence-corrected chi connectivity index (χ3v) is 3.98. The predicted octanol–water partition coefficient (Wildman–Crippen LogP) is 4.82. The van der Waals surface area contributed by atoms with E-state index in [1.165, 1.54) is 11.1 Å². The molecule has 1 aromatic heterocycles. The van der Waals surface area contributed by atoms with Gasteiger partial charge in [-0.1, -0.05) is 48.5 Å². The average Bonchev–Trinajstić information content (AvgIpc) is 3.16. The zero-order valence-corrected chi connectivity index (χ0v) is 11.8. The van der Waals surface area contributed by atoms with Crippen LogP contribution in [0.25, 0.3) is 22.3 Å². The lowest BCUT2D eigenvalue weighted by molar-refractivity contribution is 0.400. The lowest BCUT2D eigenvalue weighted by Gasteiger charge is -2.17. The summed E-state index contributed by atoms with van der Waals surface area (Å²) in [5.41, 5.74) is 3.44. The number of rotatable bonds is 3. The van der Waals surface area contributed by atoms with Crippen LogP contribution in [-0.2, 0) is 6.54 Å². The minimum absolute atomic E-state index is 0.934. The van der Waals surface area contributed by atoms with Crippen molar-refractivity contribution in [3.05, 3.63) is 72.4 Å². The van der Waals surface area contributed by atoms with Gasteiger partial charge in [-0.15, -0.1) is 0 Å². The summed E-state index contributed by atoms with van der Waals surface area (Å²) in [6, 6.07) is 18.8. The second kappa shape index (κ2) is 5.13. The Morgan fingerprint density at radius 3 is 2.71 bits per heavy atom. The molecular weight excluding hydrogens is 258 g/mol. The van der Waals surface area contributed by atoms with Gasteiger partial charge >= 0.3 is 0 Å². The molecule has 0 bridgehead atoms. The van der Waals surface area contributed by atoms with Gasteiger partial charge < -0.3 is 9.32 Å². The van der Waals surface area contributed by atoms with Crippen LogP contribution in [0.3, 0.4) is 0 Å². The molecular formula is C19H17NO. The van der Waals surface area contributed by atoms with Gasteiger partial charge in [-0.2, -0.15) is 0 Å². The minimum atomic E-state index is 0.934. The standard InChI is InChI=1S/C19H17NO/c1-3-9-17(16(8-1)14-20-11-5-6-12-20)19-13-15-7-2-4-10-18(15)21-19/h1-5,7-11,13H,6,12,14H2. The molecule has 0 saturated heterocycles. The molecule has 104 valence electrons. The summed E-state index contributed by atoms with van der Waals surface area (Å²) >= 11 is 0. The van der Waals surface area contributed by atoms with Crippen molar-refractivity contribution < 1.29 is 4.42 Å². The average molecular weight is 275 g/mol. The van der Waals surface area contributed by atoms with Crippen LogP contribution in [0.15, 0.2) is 71.3 Å². The minimum Gasteiger partial charge on any atom is -0.456 e. The Balaban J connectivity index is 1.75. The van der Waals surface area contributed by atoms with Gasteiger partial charge in [0, 0.05) is 24.0 Å². The number of fused-ring (bicyclic) bond motifs is 1. The van der Waals surface area contributed by atoms with E-state index in [2.05, 4.69) is 53.6 Å². The highest BCUT2D eigenvalue weighted by molar-refractivity contribution is 5.83. The van der Waals surface area contributed by atoms with Crippen molar-refractivity contribution in [3.63, 3.8) is 0 Å². The number of para-hydroxylation sites is 1. The van der Waals surface area contributed by atoms with Crippen molar-refractivity contribution in [2.75, 3.05) is 6.54 Å². The van der Waals surface area contributed by atoms with Crippen molar-refractivity contribution in [2.24, 2.45) is 0 Å². The largest absolute Gasteiger partial charge is 0.456 e. The number of hydrogen-bond acceptors (Lipinski definition) is 2. The Kier molecular flexibility index (Phi) is 3.00. The van der Waals surface area contributed by atoms with E-state index in [1.807, 2.05) is 18.2 Å². The van der Waals surface area contributed by atoms with E-state index in [0.29, 0.717) is 0 Å². The predicted molar refractivity (Wildman–Crippen MR) is 85.8 cm³/mol. The Labute approximate surface area is 124 Å². The van der Waals surface area contributed by atoms with Gasteiger partial charge in [-0.3, -0.25) is 0 Å². The fraction of sp³-hybridized carbons (Fsp3) is 0.158. The molecule has 21 heavy (non-hydrogen) atoms. The topological polar surface area (TPSA) is 16.4 Å². The summed E-state index contributed by atoms with van der Waals surface area (Å²) in [7, 11) is 0. The fourth-order valence-corrected chi connectivity index (χ4v) is 2.90. The molecule has 0 N–H and O–H groups in total. The summed E-state index contributed by atoms with van der Waals surface area (Å²) < 4.78 is 6.02. The molecule has 3 aromatic rings. The van der Waals surface area contributed by atoms with Gasteiger partial charge in [0.25, 0.3) is 0 Å². The Morgan fingerprint density at radius 1 is 1.00 bits per heavy atom. The van der Waals surface area contributed by atoms with Crippen LogP contribution < -0.4 is 0 Å². The number of hydrogen-bond donors (Lipinski definition) is 0. The van der Waals surface area contributed by atoms with E-state index in [4.69, 9.17) is 4.42 Å². The molecule has 2 heteroatoms. The van der Waals surface area contributed by atoms with E-state index in [1.54, 1.807) is 0 Å². The van der Waals surface area contributed by atoms with Gasteiger partial charge in [0.1, 0.15) is 11.3 Å². The Bertz CT molecular complexity index is 767. The first-order valence-corrected chi connectivity index (χ1v) is 7.38. The molecule has 0 saturated carbocycles. The van der Waals surface area contributed by atoms with E-state index in [0.717, 1.165) is 36.2 Å². The van der Waals surface area contributed by atoms with Crippen molar-refractivity contribution in [2.45, 2.75) is 13.0 Å². The lowest BCUT2D eigenvalue weighted by Crippen LogP contribution is -2.14. The second-order valence-corrected chi connectivity index (χ2v) is 5.45. The molecule has 1 aliphatic heterocycles. The molecule has 4 rings (SSSR count). The molecule has 0 fully saturated rings. The van der Waals surface area contributed by atoms with Gasteiger partial charge in [0.15, 0.2) is 0 Å². The molecule has 0 aliphatic carbocycles. The summed E-state index contributed by atoms with van der Waals surface area (Å²) in [5, 5.41) is 1.16. The SMILES string of the molecule is C1=CN(Cc2ccccc2-c2cc3ccccc3o2)CC1. The Hall–Kier alpha value is -2.48. The highest BCUT2D eigenvalue weighted by atomic mass is 16.3. The van der Waals surface area contributed by atoms with Crippen molar-refractivity contribution in [1.29, 1.82) is 0 Å². The summed E-state index contributed by atoms with van der Waals surface area (Å²) in [4.78, 5) is 2.35. The zero-order chi connectivity index (χ0) is 14.1. The molecule has 0 spiro atoms. The zero-order valence-electron chi connectivity index (χ0n) is 11.8. The number of nitrogens with zero attached hydrogens (tertiary/aromatic N) is 1. The summed E-state index contributed by atoms with van der Waals surface area (Å²) in [6.07, 6.45) is 5.56.